The highest BCUT2D eigenvalue weighted by atomic mass is 28.4. The number of hydrogen-bond donors (Lipinski definition) is 0. The molecule has 40 heavy (non-hydrogen) atoms. The summed E-state index contributed by atoms with van der Waals surface area (Å²) in [4.78, 5) is 5.74. The summed E-state index contributed by atoms with van der Waals surface area (Å²) in [5.74, 6) is 0. The maximum Gasteiger partial charge on any atom is 0.184 e. The average Bonchev–Trinajstić information content (AvgIpc) is 2.73. The van der Waals surface area contributed by atoms with Crippen molar-refractivity contribution in [2.45, 2.75) is 129 Å². The van der Waals surface area contributed by atoms with Gasteiger partial charge in [-0.25, -0.2) is 0 Å². The summed E-state index contributed by atoms with van der Waals surface area (Å²) in [5.41, 5.74) is 1.06. The second kappa shape index (κ2) is 15.3. The second-order valence-corrected chi connectivity index (χ2v) is 37.6. The lowest BCUT2D eigenvalue weighted by atomic mass is 10.0. The van der Waals surface area contributed by atoms with Crippen LogP contribution in [0.25, 0.3) is 0 Å². The molecule has 0 aromatic heterocycles. The minimum absolute atomic E-state index is 0.294. The molecule has 0 saturated carbocycles. The molecule has 4 unspecified atom stereocenters. The van der Waals surface area contributed by atoms with Crippen molar-refractivity contribution in [1.82, 2.24) is 0 Å². The standard InChI is InChI=1S/C28H59NO6Si5/c1-36(2,3)31-23-26(33-38(7,8)9)28(35-40(13,14)15)27(34-39(10,11)12)25(32-37(4,5)6)21-29-30-22-24-19-17-16-18-20-24/h16-21,25-28H,22-23H2,1-15H3. The van der Waals surface area contributed by atoms with E-state index in [4.69, 9.17) is 27.0 Å². The molecule has 0 bridgehead atoms. The molecule has 0 aliphatic heterocycles. The Kier molecular flexibility index (Phi) is 14.4. The van der Waals surface area contributed by atoms with Crippen LogP contribution in [0.2, 0.25) is 98.2 Å². The predicted molar refractivity (Wildman–Crippen MR) is 182 cm³/mol. The zero-order valence-electron chi connectivity index (χ0n) is 28.1. The maximum atomic E-state index is 6.99. The fourth-order valence-corrected chi connectivity index (χ4v) is 8.83. The minimum Gasteiger partial charge on any atom is -0.415 e. The van der Waals surface area contributed by atoms with Crippen molar-refractivity contribution < 1.29 is 27.0 Å². The molecule has 0 amide bonds. The summed E-state index contributed by atoms with van der Waals surface area (Å²) in [5, 5.41) is 4.41. The predicted octanol–water partition coefficient (Wildman–Crippen LogP) is 7.92. The minimum atomic E-state index is -2.07. The first-order valence-corrected chi connectivity index (χ1v) is 31.5. The van der Waals surface area contributed by atoms with Crippen molar-refractivity contribution in [3.05, 3.63) is 35.9 Å². The van der Waals surface area contributed by atoms with Crippen LogP contribution in [0, 0.1) is 0 Å². The Balaban J connectivity index is 3.59. The summed E-state index contributed by atoms with van der Waals surface area (Å²) in [6, 6.07) is 10.0. The van der Waals surface area contributed by atoms with Crippen LogP contribution in [0.15, 0.2) is 35.5 Å². The molecular weight excluding hydrogens is 587 g/mol. The van der Waals surface area contributed by atoms with Crippen molar-refractivity contribution >= 4 is 47.8 Å². The van der Waals surface area contributed by atoms with E-state index in [-0.39, 0.29) is 12.2 Å². The SMILES string of the molecule is C[Si](C)(C)OCC(O[Si](C)(C)C)C(O[Si](C)(C)C)C(O[Si](C)(C)C)C(C=NOCc1ccccc1)O[Si](C)(C)C. The van der Waals surface area contributed by atoms with E-state index in [0.29, 0.717) is 13.2 Å². The molecule has 0 heterocycles. The monoisotopic (exact) mass is 645 g/mol. The summed E-state index contributed by atoms with van der Waals surface area (Å²) in [7, 11) is -9.94. The Morgan fingerprint density at radius 1 is 0.600 bits per heavy atom. The highest BCUT2D eigenvalue weighted by molar-refractivity contribution is 6.71. The zero-order valence-corrected chi connectivity index (χ0v) is 33.1. The Hall–Kier alpha value is -0.426. The van der Waals surface area contributed by atoms with Crippen molar-refractivity contribution in [2.24, 2.45) is 5.16 Å². The van der Waals surface area contributed by atoms with Crippen molar-refractivity contribution in [3.63, 3.8) is 0 Å². The van der Waals surface area contributed by atoms with E-state index in [1.807, 2.05) is 30.3 Å². The van der Waals surface area contributed by atoms with Crippen LogP contribution in [0.1, 0.15) is 5.56 Å². The Morgan fingerprint density at radius 3 is 1.52 bits per heavy atom. The van der Waals surface area contributed by atoms with Gasteiger partial charge in [0.1, 0.15) is 18.8 Å². The number of hydrogen-bond acceptors (Lipinski definition) is 7. The Labute approximate surface area is 251 Å². The summed E-state index contributed by atoms with van der Waals surface area (Å²) in [6.45, 7) is 33.9. The molecule has 0 N–H and O–H groups in total. The molecule has 0 radical (unpaired) electrons. The highest BCUT2D eigenvalue weighted by Crippen LogP contribution is 2.28. The lowest BCUT2D eigenvalue weighted by Gasteiger charge is -2.45. The summed E-state index contributed by atoms with van der Waals surface area (Å²) < 4.78 is 34.1. The van der Waals surface area contributed by atoms with Gasteiger partial charge in [-0.3, -0.25) is 0 Å². The van der Waals surface area contributed by atoms with Crippen LogP contribution >= 0.6 is 0 Å². The van der Waals surface area contributed by atoms with Crippen LogP contribution in [-0.2, 0) is 33.6 Å². The van der Waals surface area contributed by atoms with Gasteiger partial charge in [0.25, 0.3) is 0 Å². The largest absolute Gasteiger partial charge is 0.415 e. The average molecular weight is 646 g/mol. The topological polar surface area (TPSA) is 67.7 Å². The van der Waals surface area contributed by atoms with Gasteiger partial charge in [0, 0.05) is 0 Å². The lowest BCUT2D eigenvalue weighted by molar-refractivity contribution is -0.0734. The van der Waals surface area contributed by atoms with E-state index < -0.39 is 53.8 Å². The van der Waals surface area contributed by atoms with Crippen LogP contribution in [-0.4, -0.2) is 78.8 Å². The maximum absolute atomic E-state index is 6.99. The van der Waals surface area contributed by atoms with Gasteiger partial charge in [-0.1, -0.05) is 35.5 Å². The Morgan fingerprint density at radius 2 is 1.07 bits per heavy atom. The molecule has 1 rings (SSSR count). The smallest absolute Gasteiger partial charge is 0.184 e. The third kappa shape index (κ3) is 18.2. The summed E-state index contributed by atoms with van der Waals surface area (Å²) >= 11 is 0. The normalized spacial score (nSPS) is 17.1. The van der Waals surface area contributed by atoms with Gasteiger partial charge in [-0.2, -0.15) is 0 Å². The van der Waals surface area contributed by atoms with Gasteiger partial charge in [0.15, 0.2) is 41.6 Å². The molecule has 1 aromatic rings. The van der Waals surface area contributed by atoms with Crippen molar-refractivity contribution in [3.8, 4) is 0 Å². The van der Waals surface area contributed by atoms with Crippen LogP contribution < -0.4 is 0 Å². The second-order valence-electron chi connectivity index (χ2n) is 15.3. The molecule has 0 fully saturated rings. The number of nitrogens with zero attached hydrogens (tertiary/aromatic N) is 1. The van der Waals surface area contributed by atoms with E-state index in [0.717, 1.165) is 5.56 Å². The molecule has 0 aliphatic rings. The fourth-order valence-electron chi connectivity index (χ4n) is 3.85. The summed E-state index contributed by atoms with van der Waals surface area (Å²) in [6.07, 6.45) is 0.203. The molecule has 4 atom stereocenters. The van der Waals surface area contributed by atoms with Crippen LogP contribution in [0.4, 0.5) is 0 Å². The van der Waals surface area contributed by atoms with Crippen molar-refractivity contribution in [1.29, 1.82) is 0 Å². The first-order chi connectivity index (χ1) is 17.9. The third-order valence-corrected chi connectivity index (χ3v) is 10.0. The molecule has 0 spiro atoms. The molecule has 0 saturated heterocycles. The molecule has 232 valence electrons. The van der Waals surface area contributed by atoms with Crippen molar-refractivity contribution in [2.75, 3.05) is 6.61 Å². The Bertz CT molecular complexity index is 886. The zero-order chi connectivity index (χ0) is 31.0. The van der Waals surface area contributed by atoms with Gasteiger partial charge in [0.2, 0.25) is 0 Å². The molecule has 1 aromatic carbocycles. The van der Waals surface area contributed by atoms with E-state index in [1.165, 1.54) is 0 Å². The quantitative estimate of drug-likeness (QED) is 0.0918. The first-order valence-electron chi connectivity index (χ1n) is 14.5. The number of rotatable bonds is 18. The van der Waals surface area contributed by atoms with Crippen LogP contribution in [0.3, 0.4) is 0 Å². The van der Waals surface area contributed by atoms with Crippen LogP contribution in [0.5, 0.6) is 0 Å². The molecule has 12 heteroatoms. The molecular formula is C28H59NO6Si5. The van der Waals surface area contributed by atoms with Gasteiger partial charge in [-0.15, -0.1) is 0 Å². The van der Waals surface area contributed by atoms with Gasteiger partial charge in [-0.05, 0) is 104 Å². The third-order valence-electron chi connectivity index (χ3n) is 5.02. The fraction of sp³-hybridized carbons (Fsp3) is 0.750. The lowest BCUT2D eigenvalue weighted by Crippen LogP contribution is -2.60. The van der Waals surface area contributed by atoms with Gasteiger partial charge < -0.3 is 27.0 Å². The van der Waals surface area contributed by atoms with E-state index >= 15 is 0 Å². The number of benzene rings is 1. The molecule has 0 aliphatic carbocycles. The first kappa shape index (κ1) is 37.6. The van der Waals surface area contributed by atoms with Gasteiger partial charge >= 0.3 is 0 Å². The molecule has 7 nitrogen and oxygen atoms in total. The number of oxime groups is 1. The van der Waals surface area contributed by atoms with E-state index in [1.54, 1.807) is 6.21 Å². The highest BCUT2D eigenvalue weighted by Gasteiger charge is 2.44. The van der Waals surface area contributed by atoms with E-state index in [9.17, 15) is 0 Å². The van der Waals surface area contributed by atoms with E-state index in [2.05, 4.69) is 103 Å². The van der Waals surface area contributed by atoms with Gasteiger partial charge in [0.05, 0.1) is 25.0 Å².